The number of nitrogens with one attached hydrogen (secondary N) is 1. The molecule has 0 aliphatic rings. The predicted octanol–water partition coefficient (Wildman–Crippen LogP) is 3.88. The van der Waals surface area contributed by atoms with Gasteiger partial charge in [0.1, 0.15) is 5.75 Å². The summed E-state index contributed by atoms with van der Waals surface area (Å²) in [5.74, 6) is 0.844. The molecule has 0 saturated heterocycles. The van der Waals surface area contributed by atoms with E-state index in [1.54, 1.807) is 7.11 Å². The SMILES string of the molecule is COc1ccc(NC(CN)c2ccc(C)cc2Br)cc1. The Bertz CT molecular complexity index is 569. The molecular weight excluding hydrogens is 316 g/mol. The quantitative estimate of drug-likeness (QED) is 0.872. The van der Waals surface area contributed by atoms with E-state index in [1.165, 1.54) is 5.56 Å². The fourth-order valence-corrected chi connectivity index (χ4v) is 2.84. The second-order valence-corrected chi connectivity index (χ2v) is 5.54. The van der Waals surface area contributed by atoms with E-state index in [2.05, 4.69) is 46.4 Å². The number of aryl methyl sites for hydroxylation is 1. The predicted molar refractivity (Wildman–Crippen MR) is 87.3 cm³/mol. The summed E-state index contributed by atoms with van der Waals surface area (Å²) >= 11 is 3.61. The molecule has 0 saturated carbocycles. The van der Waals surface area contributed by atoms with E-state index in [0.29, 0.717) is 6.54 Å². The van der Waals surface area contributed by atoms with Gasteiger partial charge < -0.3 is 15.8 Å². The third-order valence-corrected chi connectivity index (χ3v) is 3.88. The Morgan fingerprint density at radius 1 is 1.20 bits per heavy atom. The molecule has 1 atom stereocenters. The van der Waals surface area contributed by atoms with Crippen LogP contribution in [0.1, 0.15) is 17.2 Å². The number of benzene rings is 2. The zero-order chi connectivity index (χ0) is 14.5. The highest BCUT2D eigenvalue weighted by atomic mass is 79.9. The molecule has 0 aliphatic heterocycles. The minimum absolute atomic E-state index is 0.0679. The minimum Gasteiger partial charge on any atom is -0.497 e. The maximum Gasteiger partial charge on any atom is 0.119 e. The number of methoxy groups -OCH3 is 1. The number of ether oxygens (including phenoxy) is 1. The molecule has 2 aromatic carbocycles. The lowest BCUT2D eigenvalue weighted by Crippen LogP contribution is -2.21. The van der Waals surface area contributed by atoms with Crippen LogP contribution in [0.4, 0.5) is 5.69 Å². The van der Waals surface area contributed by atoms with E-state index >= 15 is 0 Å². The molecule has 20 heavy (non-hydrogen) atoms. The first-order valence-electron chi connectivity index (χ1n) is 6.50. The summed E-state index contributed by atoms with van der Waals surface area (Å²) < 4.78 is 6.24. The molecule has 106 valence electrons. The van der Waals surface area contributed by atoms with Crippen LogP contribution < -0.4 is 15.8 Å². The Hall–Kier alpha value is -1.52. The van der Waals surface area contributed by atoms with Crippen molar-refractivity contribution in [1.82, 2.24) is 0 Å². The van der Waals surface area contributed by atoms with Crippen LogP contribution in [-0.2, 0) is 0 Å². The molecule has 0 heterocycles. The lowest BCUT2D eigenvalue weighted by atomic mass is 10.0. The average Bonchev–Trinajstić information content (AvgIpc) is 2.46. The molecule has 0 amide bonds. The Morgan fingerprint density at radius 3 is 2.45 bits per heavy atom. The average molecular weight is 335 g/mol. The van der Waals surface area contributed by atoms with Crippen molar-refractivity contribution in [3.63, 3.8) is 0 Å². The number of halogens is 1. The maximum absolute atomic E-state index is 5.91. The smallest absolute Gasteiger partial charge is 0.119 e. The lowest BCUT2D eigenvalue weighted by molar-refractivity contribution is 0.415. The lowest BCUT2D eigenvalue weighted by Gasteiger charge is -2.20. The van der Waals surface area contributed by atoms with Crippen LogP contribution in [-0.4, -0.2) is 13.7 Å². The maximum atomic E-state index is 5.91. The highest BCUT2D eigenvalue weighted by Crippen LogP contribution is 2.27. The van der Waals surface area contributed by atoms with Gasteiger partial charge in [-0.2, -0.15) is 0 Å². The zero-order valence-electron chi connectivity index (χ0n) is 11.7. The van der Waals surface area contributed by atoms with Crippen LogP contribution in [0.25, 0.3) is 0 Å². The second kappa shape index (κ2) is 6.77. The summed E-state index contributed by atoms with van der Waals surface area (Å²) in [5.41, 5.74) is 9.31. The van der Waals surface area contributed by atoms with Crippen LogP contribution in [0.3, 0.4) is 0 Å². The Morgan fingerprint density at radius 2 is 1.90 bits per heavy atom. The van der Waals surface area contributed by atoms with E-state index in [1.807, 2.05) is 24.3 Å². The number of rotatable bonds is 5. The fourth-order valence-electron chi connectivity index (χ4n) is 2.07. The largest absolute Gasteiger partial charge is 0.497 e. The Labute approximate surface area is 128 Å². The highest BCUT2D eigenvalue weighted by Gasteiger charge is 2.12. The molecule has 1 unspecified atom stereocenters. The Kier molecular flexibility index (Phi) is 5.04. The molecule has 0 radical (unpaired) electrons. The molecule has 3 nitrogen and oxygen atoms in total. The molecule has 0 bridgehead atoms. The van der Waals surface area contributed by atoms with Crippen molar-refractivity contribution in [2.24, 2.45) is 5.73 Å². The van der Waals surface area contributed by atoms with Crippen molar-refractivity contribution in [2.75, 3.05) is 19.0 Å². The summed E-state index contributed by atoms with van der Waals surface area (Å²) in [6, 6.07) is 14.2. The van der Waals surface area contributed by atoms with Gasteiger partial charge in [-0.1, -0.05) is 28.1 Å². The van der Waals surface area contributed by atoms with Gasteiger partial charge in [-0.05, 0) is 48.4 Å². The molecule has 0 aromatic heterocycles. The van der Waals surface area contributed by atoms with Gasteiger partial charge in [-0.15, -0.1) is 0 Å². The van der Waals surface area contributed by atoms with Gasteiger partial charge in [0.25, 0.3) is 0 Å². The van der Waals surface area contributed by atoms with Gasteiger partial charge in [-0.25, -0.2) is 0 Å². The third-order valence-electron chi connectivity index (χ3n) is 3.20. The van der Waals surface area contributed by atoms with E-state index in [-0.39, 0.29) is 6.04 Å². The van der Waals surface area contributed by atoms with Gasteiger partial charge in [0.2, 0.25) is 0 Å². The van der Waals surface area contributed by atoms with E-state index in [9.17, 15) is 0 Å². The molecule has 2 rings (SSSR count). The number of nitrogens with two attached hydrogens (primary N) is 1. The van der Waals surface area contributed by atoms with Crippen LogP contribution >= 0.6 is 15.9 Å². The van der Waals surface area contributed by atoms with Crippen LogP contribution in [0.5, 0.6) is 5.75 Å². The first kappa shape index (κ1) is 14.9. The number of hydrogen-bond acceptors (Lipinski definition) is 3. The summed E-state index contributed by atoms with van der Waals surface area (Å²) in [5, 5.41) is 3.45. The molecule has 4 heteroatoms. The molecule has 0 spiro atoms. The fraction of sp³-hybridized carbons (Fsp3) is 0.250. The van der Waals surface area contributed by atoms with Gasteiger partial charge in [0, 0.05) is 16.7 Å². The van der Waals surface area contributed by atoms with Gasteiger partial charge in [0.15, 0.2) is 0 Å². The van der Waals surface area contributed by atoms with Crippen LogP contribution in [0.15, 0.2) is 46.9 Å². The molecule has 0 fully saturated rings. The highest BCUT2D eigenvalue weighted by molar-refractivity contribution is 9.10. The summed E-state index contributed by atoms with van der Waals surface area (Å²) in [4.78, 5) is 0. The van der Waals surface area contributed by atoms with Gasteiger partial charge >= 0.3 is 0 Å². The molecular formula is C16H19BrN2O. The summed E-state index contributed by atoms with van der Waals surface area (Å²) in [6.07, 6.45) is 0. The second-order valence-electron chi connectivity index (χ2n) is 4.69. The molecule has 2 aromatic rings. The first-order chi connectivity index (χ1) is 9.63. The van der Waals surface area contributed by atoms with Crippen molar-refractivity contribution in [2.45, 2.75) is 13.0 Å². The number of hydrogen-bond donors (Lipinski definition) is 2. The van der Waals surface area contributed by atoms with E-state index in [4.69, 9.17) is 10.5 Å². The molecule has 0 aliphatic carbocycles. The normalized spacial score (nSPS) is 12.0. The van der Waals surface area contributed by atoms with Gasteiger partial charge in [0.05, 0.1) is 13.2 Å². The molecule has 3 N–H and O–H groups in total. The van der Waals surface area contributed by atoms with Crippen molar-refractivity contribution >= 4 is 21.6 Å². The van der Waals surface area contributed by atoms with Crippen LogP contribution in [0.2, 0.25) is 0 Å². The standard InChI is InChI=1S/C16H19BrN2O/c1-11-3-8-14(15(17)9-11)16(10-18)19-12-4-6-13(20-2)7-5-12/h3-9,16,19H,10,18H2,1-2H3. The van der Waals surface area contributed by atoms with E-state index in [0.717, 1.165) is 21.5 Å². The van der Waals surface area contributed by atoms with Gasteiger partial charge in [-0.3, -0.25) is 0 Å². The van der Waals surface area contributed by atoms with E-state index < -0.39 is 0 Å². The number of anilines is 1. The third kappa shape index (κ3) is 3.52. The monoisotopic (exact) mass is 334 g/mol. The summed E-state index contributed by atoms with van der Waals surface area (Å²) in [7, 11) is 1.66. The van der Waals surface area contributed by atoms with Crippen molar-refractivity contribution in [1.29, 1.82) is 0 Å². The van der Waals surface area contributed by atoms with Crippen molar-refractivity contribution in [3.05, 3.63) is 58.1 Å². The summed E-state index contributed by atoms with van der Waals surface area (Å²) in [6.45, 7) is 2.59. The minimum atomic E-state index is 0.0679. The Balaban J connectivity index is 2.19. The first-order valence-corrected chi connectivity index (χ1v) is 7.30. The van der Waals surface area contributed by atoms with Crippen molar-refractivity contribution < 1.29 is 4.74 Å². The zero-order valence-corrected chi connectivity index (χ0v) is 13.3. The topological polar surface area (TPSA) is 47.3 Å². The van der Waals surface area contributed by atoms with Crippen molar-refractivity contribution in [3.8, 4) is 5.75 Å². The van der Waals surface area contributed by atoms with Crippen LogP contribution in [0, 0.1) is 6.92 Å².